The topological polar surface area (TPSA) is 129 Å². The Balaban J connectivity index is 1.40. The molecule has 1 saturated carbocycles. The van der Waals surface area contributed by atoms with E-state index in [1.165, 1.54) is 11.0 Å². The number of carbonyl (C=O) groups is 3. The van der Waals surface area contributed by atoms with Crippen LogP contribution in [0.1, 0.15) is 91.7 Å². The Hall–Kier alpha value is -3.77. The van der Waals surface area contributed by atoms with Crippen molar-refractivity contribution in [3.8, 4) is 17.4 Å². The predicted molar refractivity (Wildman–Crippen MR) is 166 cm³/mol. The minimum absolute atomic E-state index is 0.0492. The molecule has 4 heterocycles. The Morgan fingerprint density at radius 2 is 1.83 bits per heavy atom. The second kappa shape index (κ2) is 12.4. The average Bonchev–Trinajstić information content (AvgIpc) is 3.65. The van der Waals surface area contributed by atoms with Crippen LogP contribution in [0.4, 0.5) is 13.6 Å². The van der Waals surface area contributed by atoms with Crippen molar-refractivity contribution in [1.29, 1.82) is 0 Å². The summed E-state index contributed by atoms with van der Waals surface area (Å²) in [7, 11) is 0. The third-order valence-corrected chi connectivity index (χ3v) is 10.3. The molecule has 256 valence electrons. The van der Waals surface area contributed by atoms with Gasteiger partial charge in [0.1, 0.15) is 35.2 Å². The lowest BCUT2D eigenvalue weighted by Gasteiger charge is -2.37. The number of nitrogens with one attached hydrogen (secondary N) is 1. The maximum absolute atomic E-state index is 14.2. The molecule has 47 heavy (non-hydrogen) atoms. The number of alkyl carbamates (subject to hydrolysis) is 1. The molecule has 1 aliphatic carbocycles. The summed E-state index contributed by atoms with van der Waals surface area (Å²) in [5.74, 6) is -0.869. The molecule has 3 aliphatic heterocycles. The van der Waals surface area contributed by atoms with Crippen molar-refractivity contribution < 1.29 is 42.1 Å². The monoisotopic (exact) mass is 658 g/mol. The van der Waals surface area contributed by atoms with Crippen LogP contribution in [0.3, 0.4) is 0 Å². The Morgan fingerprint density at radius 3 is 2.55 bits per heavy atom. The number of ether oxygens (including phenoxy) is 4. The summed E-state index contributed by atoms with van der Waals surface area (Å²) in [6.07, 6.45) is 2.70. The highest BCUT2D eigenvalue weighted by atomic mass is 19.3. The summed E-state index contributed by atoms with van der Waals surface area (Å²) >= 11 is 0. The standard InChI is InChI=1S/C34H44F2N4O7/c1-6-20-23(18-41)40-17-25(20)44-29-22(37-21-14-15-24-27(26(21)38-29)46-34(35,36)45-24)13-9-7-8-11-19-12-10-16-33(19,5)47-31(43)39-28(30(40)42)32(2,3)4/h14-15,18-20,23,25,28H,6-13,16-17H2,1-5H3,(H,39,43)/t19-,20+,23-,25+,28-,33-/m1/s1. The second-order valence-corrected chi connectivity index (χ2v) is 14.6. The maximum atomic E-state index is 14.2. The molecule has 2 aromatic rings. The van der Waals surface area contributed by atoms with E-state index < -0.39 is 53.4 Å². The molecule has 6 rings (SSSR count). The summed E-state index contributed by atoms with van der Waals surface area (Å²) in [4.78, 5) is 51.1. The molecule has 1 aromatic carbocycles. The van der Waals surface area contributed by atoms with Gasteiger partial charge in [-0.3, -0.25) is 4.79 Å². The van der Waals surface area contributed by atoms with Crippen LogP contribution in [0.15, 0.2) is 12.1 Å². The third kappa shape index (κ3) is 6.41. The number of amides is 2. The number of benzene rings is 1. The van der Waals surface area contributed by atoms with Crippen molar-refractivity contribution in [3.63, 3.8) is 0 Å². The van der Waals surface area contributed by atoms with Crippen molar-refractivity contribution in [2.75, 3.05) is 6.54 Å². The first kappa shape index (κ1) is 33.1. The van der Waals surface area contributed by atoms with Gasteiger partial charge >= 0.3 is 12.4 Å². The Labute approximate surface area is 273 Å². The first-order chi connectivity index (χ1) is 22.2. The number of alkyl halides is 2. The van der Waals surface area contributed by atoms with Gasteiger partial charge in [0.15, 0.2) is 5.75 Å². The van der Waals surface area contributed by atoms with Gasteiger partial charge in [-0.15, -0.1) is 8.78 Å². The molecule has 6 atom stereocenters. The third-order valence-electron chi connectivity index (χ3n) is 10.3. The largest absolute Gasteiger partial charge is 0.586 e. The summed E-state index contributed by atoms with van der Waals surface area (Å²) in [6, 6.07) is 1.14. The maximum Gasteiger partial charge on any atom is 0.586 e. The number of aldehydes is 1. The number of nitrogens with zero attached hydrogens (tertiary/aromatic N) is 3. The van der Waals surface area contributed by atoms with Gasteiger partial charge in [-0.25, -0.2) is 14.8 Å². The van der Waals surface area contributed by atoms with Crippen LogP contribution in [0.5, 0.6) is 17.4 Å². The highest BCUT2D eigenvalue weighted by Crippen LogP contribution is 2.46. The molecule has 1 N–H and O–H groups in total. The van der Waals surface area contributed by atoms with Crippen LogP contribution in [0.2, 0.25) is 0 Å². The number of carbonyl (C=O) groups excluding carboxylic acids is 3. The van der Waals surface area contributed by atoms with Gasteiger partial charge in [-0.2, -0.15) is 0 Å². The molecular weight excluding hydrogens is 614 g/mol. The summed E-state index contributed by atoms with van der Waals surface area (Å²) in [5.41, 5.74) is -0.365. The van der Waals surface area contributed by atoms with Crippen molar-refractivity contribution in [3.05, 3.63) is 17.8 Å². The molecule has 2 amide bonds. The first-order valence-corrected chi connectivity index (χ1v) is 16.7. The lowest BCUT2D eigenvalue weighted by atomic mass is 9.85. The summed E-state index contributed by atoms with van der Waals surface area (Å²) in [5, 5.41) is 2.86. The van der Waals surface area contributed by atoms with Crippen LogP contribution in [-0.4, -0.2) is 69.8 Å². The highest BCUT2D eigenvalue weighted by molar-refractivity contribution is 5.89. The van der Waals surface area contributed by atoms with Gasteiger partial charge in [0, 0.05) is 5.92 Å². The number of hydrogen-bond donors (Lipinski definition) is 1. The van der Waals surface area contributed by atoms with Gasteiger partial charge < -0.3 is 34.0 Å². The molecule has 1 saturated heterocycles. The van der Waals surface area contributed by atoms with Gasteiger partial charge in [0.25, 0.3) is 0 Å². The van der Waals surface area contributed by atoms with E-state index in [1.807, 2.05) is 34.6 Å². The zero-order valence-corrected chi connectivity index (χ0v) is 27.6. The molecular formula is C34H44F2N4O7. The van der Waals surface area contributed by atoms with Crippen LogP contribution >= 0.6 is 0 Å². The number of fused-ring (bicyclic) bond motifs is 7. The van der Waals surface area contributed by atoms with E-state index >= 15 is 0 Å². The molecule has 0 radical (unpaired) electrons. The highest BCUT2D eigenvalue weighted by Gasteiger charge is 2.50. The predicted octanol–water partition coefficient (Wildman–Crippen LogP) is 5.95. The van der Waals surface area contributed by atoms with Crippen LogP contribution in [-0.2, 0) is 20.7 Å². The molecule has 0 unspecified atom stereocenters. The zero-order chi connectivity index (χ0) is 33.7. The number of aryl methyl sites for hydroxylation is 1. The van der Waals surface area contributed by atoms with Gasteiger partial charge in [-0.05, 0) is 75.3 Å². The molecule has 2 bridgehead atoms. The fourth-order valence-corrected chi connectivity index (χ4v) is 7.72. The molecule has 13 heteroatoms. The van der Waals surface area contributed by atoms with Crippen molar-refractivity contribution in [1.82, 2.24) is 20.2 Å². The summed E-state index contributed by atoms with van der Waals surface area (Å²) in [6.45, 7) is 9.49. The smallest absolute Gasteiger partial charge is 0.471 e. The van der Waals surface area contributed by atoms with E-state index in [4.69, 9.17) is 19.2 Å². The van der Waals surface area contributed by atoms with Crippen molar-refractivity contribution in [2.24, 2.45) is 17.3 Å². The lowest BCUT2D eigenvalue weighted by molar-refractivity contribution is -0.286. The van der Waals surface area contributed by atoms with Gasteiger partial charge in [0.2, 0.25) is 17.5 Å². The van der Waals surface area contributed by atoms with Crippen molar-refractivity contribution >= 4 is 29.3 Å². The first-order valence-electron chi connectivity index (χ1n) is 16.7. The van der Waals surface area contributed by atoms with E-state index in [2.05, 4.69) is 15.0 Å². The minimum Gasteiger partial charge on any atom is -0.471 e. The number of rotatable bonds is 2. The van der Waals surface area contributed by atoms with E-state index in [9.17, 15) is 23.2 Å². The minimum atomic E-state index is -3.84. The average molecular weight is 659 g/mol. The van der Waals surface area contributed by atoms with E-state index in [-0.39, 0.29) is 35.4 Å². The number of halogens is 2. The van der Waals surface area contributed by atoms with E-state index in [0.717, 1.165) is 51.2 Å². The number of aromatic nitrogens is 2. The van der Waals surface area contributed by atoms with Gasteiger partial charge in [-0.1, -0.05) is 40.5 Å². The zero-order valence-electron chi connectivity index (χ0n) is 27.6. The number of hydrogen-bond acceptors (Lipinski definition) is 9. The quantitative estimate of drug-likeness (QED) is 0.389. The molecule has 2 fully saturated rings. The molecule has 11 nitrogen and oxygen atoms in total. The van der Waals surface area contributed by atoms with E-state index in [0.29, 0.717) is 24.1 Å². The second-order valence-electron chi connectivity index (χ2n) is 14.6. The van der Waals surface area contributed by atoms with E-state index in [1.54, 1.807) is 6.07 Å². The normalized spacial score (nSPS) is 31.2. The Bertz CT molecular complexity index is 1550. The fraction of sp³-hybridized carbons (Fsp3) is 0.676. The van der Waals surface area contributed by atoms with Crippen LogP contribution in [0, 0.1) is 17.3 Å². The molecule has 0 spiro atoms. The molecule has 1 aromatic heterocycles. The Kier molecular flexibility index (Phi) is 8.71. The summed E-state index contributed by atoms with van der Waals surface area (Å²) < 4.78 is 50.2. The van der Waals surface area contributed by atoms with Crippen LogP contribution in [0.25, 0.3) is 11.0 Å². The van der Waals surface area contributed by atoms with Crippen molar-refractivity contribution in [2.45, 2.75) is 122 Å². The van der Waals surface area contributed by atoms with Crippen LogP contribution < -0.4 is 19.5 Å². The lowest BCUT2D eigenvalue weighted by Crippen LogP contribution is -2.57. The molecule has 4 aliphatic rings. The SMILES string of the molecule is CC[C@@H]1[C@@H]2CN(C(=O)[C@H](C(C)(C)C)NC(=O)O[C@]3(C)CCC[C@H]3CCCCCc3nc4ccc5c(c4nc3O2)OC(F)(F)O5)[C@@H]1C=O. The Morgan fingerprint density at radius 1 is 1.06 bits per heavy atom. The fourth-order valence-electron chi connectivity index (χ4n) is 7.72. The van der Waals surface area contributed by atoms with Gasteiger partial charge in [0.05, 0.1) is 18.1 Å².